The molecule has 0 radical (unpaired) electrons. The van der Waals surface area contributed by atoms with Crippen molar-refractivity contribution >= 4 is 29.2 Å². The van der Waals surface area contributed by atoms with E-state index in [1.54, 1.807) is 32.2 Å². The molecule has 0 bridgehead atoms. The summed E-state index contributed by atoms with van der Waals surface area (Å²) in [5.74, 6) is -0.622. The van der Waals surface area contributed by atoms with Crippen LogP contribution in [-0.4, -0.2) is 84.4 Å². The molecule has 10 nitrogen and oxygen atoms in total. The lowest BCUT2D eigenvalue weighted by Gasteiger charge is -2.35. The van der Waals surface area contributed by atoms with Crippen LogP contribution in [-0.2, 0) is 22.1 Å². The molecular weight excluding hydrogens is 665 g/mol. The number of aliphatic hydroxyl groups is 1. The van der Waals surface area contributed by atoms with Crippen LogP contribution in [0, 0.1) is 5.92 Å². The fourth-order valence-corrected chi connectivity index (χ4v) is 5.76. The second-order valence-electron chi connectivity index (χ2n) is 13.1. The number of alkyl halides is 3. The second kappa shape index (κ2) is 18.0. The Bertz CT molecular complexity index is 1610. The fourth-order valence-electron chi connectivity index (χ4n) is 5.76. The summed E-state index contributed by atoms with van der Waals surface area (Å²) in [6.45, 7) is 5.88. The van der Waals surface area contributed by atoms with E-state index in [-0.39, 0.29) is 55.3 Å². The molecule has 1 heterocycles. The van der Waals surface area contributed by atoms with Crippen LogP contribution in [0.4, 0.5) is 29.3 Å². The number of fused-ring (bicyclic) bond motifs is 1. The van der Waals surface area contributed by atoms with E-state index in [0.29, 0.717) is 30.9 Å². The Kier molecular flexibility index (Phi) is 13.9. The van der Waals surface area contributed by atoms with Crippen LogP contribution in [0.1, 0.15) is 61.5 Å². The number of nitrogens with zero attached hydrogens (tertiary/aromatic N) is 2. The SMILES string of the molecule is C[C@H](CO)N1C[C@H](C)[C@H](CN(C)C(=O)Nc2ccc(C(F)(F)F)cc2)OCCCC[C@H](C)Oc2ccc(NC(=O)Cc3ccccc3)cc2C1=O. The number of rotatable bonds is 8. The summed E-state index contributed by atoms with van der Waals surface area (Å²) in [6, 6.07) is 17.3. The van der Waals surface area contributed by atoms with Crippen LogP contribution in [0.5, 0.6) is 5.75 Å². The van der Waals surface area contributed by atoms with Gasteiger partial charge in [0.25, 0.3) is 5.91 Å². The third-order valence-electron chi connectivity index (χ3n) is 8.81. The van der Waals surface area contributed by atoms with Gasteiger partial charge in [-0.25, -0.2) is 4.79 Å². The van der Waals surface area contributed by atoms with Gasteiger partial charge in [0.15, 0.2) is 0 Å². The normalized spacial score (nSPS) is 19.6. The molecule has 0 saturated heterocycles. The lowest BCUT2D eigenvalue weighted by atomic mass is 10.0. The van der Waals surface area contributed by atoms with Gasteiger partial charge in [0.2, 0.25) is 5.91 Å². The van der Waals surface area contributed by atoms with E-state index >= 15 is 0 Å². The average Bonchev–Trinajstić information content (AvgIpc) is 3.09. The highest BCUT2D eigenvalue weighted by molar-refractivity contribution is 6.00. The van der Waals surface area contributed by atoms with Crippen molar-refractivity contribution in [2.24, 2.45) is 5.92 Å². The highest BCUT2D eigenvalue weighted by Crippen LogP contribution is 2.31. The molecule has 1 aliphatic rings. The van der Waals surface area contributed by atoms with E-state index < -0.39 is 35.8 Å². The molecule has 0 aromatic heterocycles. The van der Waals surface area contributed by atoms with Crippen LogP contribution < -0.4 is 15.4 Å². The minimum Gasteiger partial charge on any atom is -0.490 e. The molecular formula is C38H47F3N4O6. The van der Waals surface area contributed by atoms with E-state index in [1.165, 1.54) is 21.9 Å². The first-order chi connectivity index (χ1) is 24.2. The molecule has 13 heteroatoms. The lowest BCUT2D eigenvalue weighted by Crippen LogP contribution is -2.48. The Labute approximate surface area is 296 Å². The van der Waals surface area contributed by atoms with Gasteiger partial charge in [-0.15, -0.1) is 0 Å². The summed E-state index contributed by atoms with van der Waals surface area (Å²) < 4.78 is 51.5. The molecule has 4 rings (SSSR count). The van der Waals surface area contributed by atoms with Gasteiger partial charge < -0.3 is 35.0 Å². The number of anilines is 2. The number of ether oxygens (including phenoxy) is 2. The van der Waals surface area contributed by atoms with Crippen LogP contribution in [0.3, 0.4) is 0 Å². The van der Waals surface area contributed by atoms with Gasteiger partial charge in [0.05, 0.1) is 42.4 Å². The standard InChI is InChI=1S/C38H47F3N4O6/c1-25-22-45(26(2)24-46)36(48)32-21-31(42-35(47)20-28-11-6-5-7-12-28)17-18-33(32)51-27(3)10-8-9-19-50-34(25)23-44(4)37(49)43-30-15-13-29(14-16-30)38(39,40)41/h5-7,11-18,21,25-27,34,46H,8-10,19-20,22-24H2,1-4H3,(H,42,47)(H,43,49)/t25-,26+,27-,34-/m0/s1. The largest absolute Gasteiger partial charge is 0.490 e. The third-order valence-corrected chi connectivity index (χ3v) is 8.81. The molecule has 0 spiro atoms. The Morgan fingerprint density at radius 3 is 2.35 bits per heavy atom. The van der Waals surface area contributed by atoms with Crippen molar-refractivity contribution in [3.05, 3.63) is 89.5 Å². The average molecular weight is 713 g/mol. The first-order valence-electron chi connectivity index (χ1n) is 17.1. The van der Waals surface area contributed by atoms with E-state index in [1.807, 2.05) is 44.2 Å². The van der Waals surface area contributed by atoms with Crippen molar-refractivity contribution in [3.63, 3.8) is 0 Å². The number of urea groups is 1. The number of nitrogens with one attached hydrogen (secondary N) is 2. The molecule has 3 aromatic carbocycles. The lowest BCUT2D eigenvalue weighted by molar-refractivity contribution is -0.137. The van der Waals surface area contributed by atoms with Gasteiger partial charge in [-0.3, -0.25) is 9.59 Å². The van der Waals surface area contributed by atoms with Crippen LogP contribution >= 0.6 is 0 Å². The monoisotopic (exact) mass is 712 g/mol. The molecule has 4 amide bonds. The first kappa shape index (κ1) is 39.2. The Morgan fingerprint density at radius 2 is 1.69 bits per heavy atom. The zero-order valence-electron chi connectivity index (χ0n) is 29.4. The van der Waals surface area contributed by atoms with Gasteiger partial charge in [0, 0.05) is 44.0 Å². The quantitative estimate of drug-likeness (QED) is 0.235. The molecule has 276 valence electrons. The first-order valence-corrected chi connectivity index (χ1v) is 17.1. The summed E-state index contributed by atoms with van der Waals surface area (Å²) in [6.07, 6.45) is -2.94. The topological polar surface area (TPSA) is 120 Å². The Balaban J connectivity index is 1.55. The van der Waals surface area contributed by atoms with Crippen LogP contribution in [0.2, 0.25) is 0 Å². The van der Waals surface area contributed by atoms with Crippen molar-refractivity contribution in [1.29, 1.82) is 0 Å². The van der Waals surface area contributed by atoms with Crippen molar-refractivity contribution in [2.45, 2.75) is 70.9 Å². The van der Waals surface area contributed by atoms with Crippen molar-refractivity contribution in [1.82, 2.24) is 9.80 Å². The number of hydrogen-bond acceptors (Lipinski definition) is 6. The predicted octanol–water partition coefficient (Wildman–Crippen LogP) is 6.85. The molecule has 0 aliphatic carbocycles. The summed E-state index contributed by atoms with van der Waals surface area (Å²) in [5, 5.41) is 15.7. The van der Waals surface area contributed by atoms with Crippen molar-refractivity contribution < 1.29 is 42.1 Å². The minimum atomic E-state index is -4.49. The van der Waals surface area contributed by atoms with Gasteiger partial charge >= 0.3 is 12.2 Å². The molecule has 1 aliphatic heterocycles. The molecule has 3 N–H and O–H groups in total. The van der Waals surface area contributed by atoms with E-state index in [0.717, 1.165) is 24.1 Å². The third kappa shape index (κ3) is 11.4. The molecule has 4 atom stereocenters. The smallest absolute Gasteiger partial charge is 0.416 e. The molecule has 0 unspecified atom stereocenters. The van der Waals surface area contributed by atoms with Gasteiger partial charge in [-0.2, -0.15) is 13.2 Å². The van der Waals surface area contributed by atoms with Crippen molar-refractivity contribution in [2.75, 3.05) is 44.0 Å². The van der Waals surface area contributed by atoms with Gasteiger partial charge in [0.1, 0.15) is 5.75 Å². The maximum Gasteiger partial charge on any atom is 0.416 e. The summed E-state index contributed by atoms with van der Waals surface area (Å²) >= 11 is 0. The Hall–Kier alpha value is -4.62. The number of carbonyl (C=O) groups is 3. The highest BCUT2D eigenvalue weighted by atomic mass is 19.4. The van der Waals surface area contributed by atoms with Crippen molar-refractivity contribution in [3.8, 4) is 5.75 Å². The predicted molar refractivity (Wildman–Crippen MR) is 189 cm³/mol. The van der Waals surface area contributed by atoms with Crippen LogP contribution in [0.25, 0.3) is 0 Å². The number of halogens is 3. The van der Waals surface area contributed by atoms with E-state index in [9.17, 15) is 32.7 Å². The molecule has 3 aromatic rings. The molecule has 0 saturated carbocycles. The maximum absolute atomic E-state index is 14.4. The number of likely N-dealkylation sites (N-methyl/N-ethyl adjacent to an activating group) is 1. The van der Waals surface area contributed by atoms with E-state index in [2.05, 4.69) is 10.6 Å². The summed E-state index contributed by atoms with van der Waals surface area (Å²) in [5.41, 5.74) is 0.887. The van der Waals surface area contributed by atoms with Gasteiger partial charge in [-0.05, 0) is 81.1 Å². The zero-order valence-corrected chi connectivity index (χ0v) is 29.4. The number of hydrogen-bond donors (Lipinski definition) is 3. The number of aliphatic hydroxyl groups excluding tert-OH is 1. The van der Waals surface area contributed by atoms with Crippen LogP contribution in [0.15, 0.2) is 72.8 Å². The molecule has 51 heavy (non-hydrogen) atoms. The highest BCUT2D eigenvalue weighted by Gasteiger charge is 2.32. The number of amides is 4. The summed E-state index contributed by atoms with van der Waals surface area (Å²) in [7, 11) is 1.56. The zero-order chi connectivity index (χ0) is 37.1. The molecule has 0 fully saturated rings. The van der Waals surface area contributed by atoms with E-state index in [4.69, 9.17) is 9.47 Å². The number of benzene rings is 3. The second-order valence-corrected chi connectivity index (χ2v) is 13.1. The minimum absolute atomic E-state index is 0.122. The summed E-state index contributed by atoms with van der Waals surface area (Å²) in [4.78, 5) is 43.3. The number of carbonyl (C=O) groups excluding carboxylic acids is 3. The maximum atomic E-state index is 14.4. The van der Waals surface area contributed by atoms with Gasteiger partial charge in [-0.1, -0.05) is 37.3 Å². The Morgan fingerprint density at radius 1 is 1.00 bits per heavy atom. The fraction of sp³-hybridized carbons (Fsp3) is 0.447.